The predicted octanol–water partition coefficient (Wildman–Crippen LogP) is 15.3. The molecule has 4 aliphatic rings. The van der Waals surface area contributed by atoms with Crippen LogP contribution in [0.1, 0.15) is 59.9 Å². The third-order valence-corrected chi connectivity index (χ3v) is 13.8. The first-order valence-corrected chi connectivity index (χ1v) is 22.2. The van der Waals surface area contributed by atoms with Gasteiger partial charge in [-0.3, -0.25) is 0 Å². The molecule has 0 N–H and O–H groups in total. The molecular formula is C58H48N2. The van der Waals surface area contributed by atoms with Gasteiger partial charge < -0.3 is 9.80 Å². The highest BCUT2D eigenvalue weighted by Gasteiger charge is 2.26. The number of nitrogens with zero attached hydrogens (tertiary/aromatic N) is 2. The fourth-order valence-corrected chi connectivity index (χ4v) is 10.9. The molecule has 2 nitrogen and oxygen atoms in total. The van der Waals surface area contributed by atoms with Gasteiger partial charge in [-0.25, -0.2) is 0 Å². The van der Waals surface area contributed by atoms with Gasteiger partial charge in [-0.1, -0.05) is 134 Å². The van der Waals surface area contributed by atoms with Crippen molar-refractivity contribution in [3.05, 3.63) is 192 Å². The second-order valence-corrected chi connectivity index (χ2v) is 17.2. The van der Waals surface area contributed by atoms with Crippen molar-refractivity contribution in [2.45, 2.75) is 51.4 Å². The smallest absolute Gasteiger partial charge is 0.0443 e. The SMILES string of the molecule is C1=CCCC(c2ccc3ccccc3c2-c2c3ccc(N4CCCc5ccccc54)cc3c(-c3ccc4c(c3)CCC=C4)c3ccc(N4CCCc5ccccc54)cc23)=C1. The van der Waals surface area contributed by atoms with E-state index >= 15 is 0 Å². The van der Waals surface area contributed by atoms with Gasteiger partial charge in [0.15, 0.2) is 0 Å². The second-order valence-electron chi connectivity index (χ2n) is 17.2. The number of anilines is 4. The van der Waals surface area contributed by atoms with Crippen LogP contribution in [0.15, 0.2) is 164 Å². The minimum Gasteiger partial charge on any atom is -0.341 e. The molecule has 0 unspecified atom stereocenters. The van der Waals surface area contributed by atoms with E-state index in [1.165, 1.54) is 111 Å². The highest BCUT2D eigenvalue weighted by molar-refractivity contribution is 6.25. The summed E-state index contributed by atoms with van der Waals surface area (Å²) in [6.45, 7) is 2.02. The molecule has 2 heterocycles. The summed E-state index contributed by atoms with van der Waals surface area (Å²) in [6.07, 6.45) is 20.4. The average molecular weight is 773 g/mol. The zero-order chi connectivity index (χ0) is 39.6. The highest BCUT2D eigenvalue weighted by atomic mass is 15.1. The molecule has 0 atom stereocenters. The maximum Gasteiger partial charge on any atom is 0.0443 e. The summed E-state index contributed by atoms with van der Waals surface area (Å²) in [5.74, 6) is 0. The van der Waals surface area contributed by atoms with E-state index in [0.717, 1.165) is 64.5 Å². The summed E-state index contributed by atoms with van der Waals surface area (Å²) in [7, 11) is 0. The monoisotopic (exact) mass is 772 g/mol. The van der Waals surface area contributed by atoms with Gasteiger partial charge in [0, 0.05) is 35.8 Å². The van der Waals surface area contributed by atoms with E-state index in [9.17, 15) is 0 Å². The van der Waals surface area contributed by atoms with Crippen LogP contribution in [0, 0.1) is 0 Å². The van der Waals surface area contributed by atoms with Crippen molar-refractivity contribution in [2.24, 2.45) is 0 Å². The molecule has 60 heavy (non-hydrogen) atoms. The van der Waals surface area contributed by atoms with Crippen molar-refractivity contribution in [1.29, 1.82) is 0 Å². The molecule has 0 radical (unpaired) electrons. The molecule has 0 amide bonds. The van der Waals surface area contributed by atoms with E-state index in [1.54, 1.807) is 0 Å². The maximum absolute atomic E-state index is 2.58. The molecular weight excluding hydrogens is 725 g/mol. The molecule has 0 spiro atoms. The molecule has 2 aliphatic heterocycles. The Morgan fingerprint density at radius 3 is 1.83 bits per heavy atom. The number of benzene rings is 8. The Bertz CT molecular complexity index is 3120. The van der Waals surface area contributed by atoms with Crippen molar-refractivity contribution in [1.82, 2.24) is 0 Å². The average Bonchev–Trinajstić information content (AvgIpc) is 3.32. The lowest BCUT2D eigenvalue weighted by molar-refractivity contribution is 0.767. The fraction of sp³-hybridized carbons (Fsp3) is 0.172. The van der Waals surface area contributed by atoms with E-state index in [-0.39, 0.29) is 0 Å². The van der Waals surface area contributed by atoms with Crippen LogP contribution in [0.2, 0.25) is 0 Å². The van der Waals surface area contributed by atoms with Crippen molar-refractivity contribution in [3.8, 4) is 22.3 Å². The summed E-state index contributed by atoms with van der Waals surface area (Å²) in [5, 5.41) is 7.84. The Kier molecular flexibility index (Phi) is 8.58. The van der Waals surface area contributed by atoms with Gasteiger partial charge in [-0.05, 0) is 176 Å². The normalized spacial score (nSPS) is 15.9. The topological polar surface area (TPSA) is 6.48 Å². The molecule has 2 aliphatic carbocycles. The van der Waals surface area contributed by atoms with Crippen LogP contribution < -0.4 is 9.80 Å². The molecule has 0 aromatic heterocycles. The fourth-order valence-electron chi connectivity index (χ4n) is 10.9. The summed E-state index contributed by atoms with van der Waals surface area (Å²) in [6, 6.07) is 54.0. The van der Waals surface area contributed by atoms with Gasteiger partial charge in [0.1, 0.15) is 0 Å². The zero-order valence-corrected chi connectivity index (χ0v) is 34.1. The standard InChI is InChI=1S/C58H48N2/c1-2-15-40(16-3-1)49-31-28-41-17-6-9-23-48(41)57(49)58-51-33-30-46(59-34-12-21-42-18-7-10-24-54(42)59)37-52(51)56(45-27-26-39-14-4-5-20-44(39)36-45)50-32-29-47(38-53(50)58)60-35-13-22-43-19-8-11-25-55(43)60/h1-2,4,6-11,14-15,17-19,23-33,36-38H,3,5,12-13,16,20-22,34-35H2. The van der Waals surface area contributed by atoms with Gasteiger partial charge in [0.05, 0.1) is 0 Å². The first-order valence-electron chi connectivity index (χ1n) is 22.2. The van der Waals surface area contributed by atoms with E-state index in [4.69, 9.17) is 0 Å². The zero-order valence-electron chi connectivity index (χ0n) is 34.1. The molecule has 8 aromatic carbocycles. The highest BCUT2D eigenvalue weighted by Crippen LogP contribution is 2.51. The Hall–Kier alpha value is -6.64. The van der Waals surface area contributed by atoms with Crippen LogP contribution in [0.5, 0.6) is 0 Å². The number of hydrogen-bond donors (Lipinski definition) is 0. The van der Waals surface area contributed by atoms with Crippen LogP contribution in [-0.4, -0.2) is 13.1 Å². The lowest BCUT2D eigenvalue weighted by Crippen LogP contribution is -2.24. The number of allylic oxidation sites excluding steroid dienone is 5. The second kappa shape index (κ2) is 14.6. The number of aryl methyl sites for hydroxylation is 3. The van der Waals surface area contributed by atoms with Crippen LogP contribution in [0.4, 0.5) is 22.7 Å². The number of hydrogen-bond acceptors (Lipinski definition) is 2. The van der Waals surface area contributed by atoms with Gasteiger partial charge in [-0.15, -0.1) is 0 Å². The molecule has 0 bridgehead atoms. The van der Waals surface area contributed by atoms with Crippen LogP contribution in [0.3, 0.4) is 0 Å². The van der Waals surface area contributed by atoms with Crippen LogP contribution in [0.25, 0.3) is 66.2 Å². The van der Waals surface area contributed by atoms with E-state index in [2.05, 4.69) is 180 Å². The summed E-state index contributed by atoms with van der Waals surface area (Å²) >= 11 is 0. The van der Waals surface area contributed by atoms with Gasteiger partial charge in [-0.2, -0.15) is 0 Å². The van der Waals surface area contributed by atoms with Gasteiger partial charge >= 0.3 is 0 Å². The number of fused-ring (bicyclic) bond motifs is 6. The van der Waals surface area contributed by atoms with Crippen molar-refractivity contribution >= 4 is 66.7 Å². The molecule has 8 aromatic rings. The van der Waals surface area contributed by atoms with E-state index in [1.807, 2.05) is 0 Å². The number of para-hydroxylation sites is 2. The van der Waals surface area contributed by atoms with Crippen LogP contribution in [-0.2, 0) is 19.3 Å². The van der Waals surface area contributed by atoms with E-state index < -0.39 is 0 Å². The Balaban J connectivity index is 1.22. The maximum atomic E-state index is 2.58. The Morgan fingerprint density at radius 2 is 1.10 bits per heavy atom. The summed E-state index contributed by atoms with van der Waals surface area (Å²) in [5.41, 5.74) is 18.9. The minimum absolute atomic E-state index is 1.01. The first kappa shape index (κ1) is 35.3. The molecule has 2 heteroatoms. The van der Waals surface area contributed by atoms with Crippen LogP contribution >= 0.6 is 0 Å². The third-order valence-electron chi connectivity index (χ3n) is 13.8. The minimum atomic E-state index is 1.01. The third kappa shape index (κ3) is 5.84. The quantitative estimate of drug-likeness (QED) is 0.161. The first-order chi connectivity index (χ1) is 29.8. The van der Waals surface area contributed by atoms with Crippen molar-refractivity contribution in [2.75, 3.05) is 22.9 Å². The largest absolute Gasteiger partial charge is 0.341 e. The lowest BCUT2D eigenvalue weighted by Gasteiger charge is -2.33. The molecule has 0 saturated heterocycles. The van der Waals surface area contributed by atoms with E-state index in [0.29, 0.717) is 0 Å². The predicted molar refractivity (Wildman–Crippen MR) is 257 cm³/mol. The lowest BCUT2D eigenvalue weighted by atomic mass is 9.80. The molecule has 0 saturated carbocycles. The Labute approximate surface area is 353 Å². The Morgan fingerprint density at radius 1 is 0.433 bits per heavy atom. The van der Waals surface area contributed by atoms with Crippen molar-refractivity contribution in [3.63, 3.8) is 0 Å². The van der Waals surface area contributed by atoms with Crippen molar-refractivity contribution < 1.29 is 0 Å². The summed E-state index contributed by atoms with van der Waals surface area (Å²) in [4.78, 5) is 5.15. The summed E-state index contributed by atoms with van der Waals surface area (Å²) < 4.78 is 0. The molecule has 12 rings (SSSR count). The van der Waals surface area contributed by atoms with Gasteiger partial charge in [0.2, 0.25) is 0 Å². The molecule has 0 fully saturated rings. The molecule has 290 valence electrons. The van der Waals surface area contributed by atoms with Gasteiger partial charge in [0.25, 0.3) is 0 Å². The number of rotatable bonds is 5.